The first-order valence-electron chi connectivity index (χ1n) is 6.76. The molecule has 114 valence electrons. The first-order chi connectivity index (χ1) is 9.43. The van der Waals surface area contributed by atoms with Gasteiger partial charge in [-0.1, -0.05) is 6.92 Å². The zero-order valence-electron chi connectivity index (χ0n) is 12.6. The molecule has 0 bridgehead atoms. The van der Waals surface area contributed by atoms with Crippen LogP contribution in [0.4, 0.5) is 5.69 Å². The van der Waals surface area contributed by atoms with Gasteiger partial charge in [0.05, 0.1) is 18.0 Å². The van der Waals surface area contributed by atoms with Crippen LogP contribution in [0.3, 0.4) is 0 Å². The molecule has 0 fully saturated rings. The lowest BCUT2D eigenvalue weighted by Crippen LogP contribution is -2.40. The van der Waals surface area contributed by atoms with Crippen LogP contribution in [0.25, 0.3) is 0 Å². The third-order valence-corrected chi connectivity index (χ3v) is 5.34. The van der Waals surface area contributed by atoms with Gasteiger partial charge in [0, 0.05) is 13.6 Å². The molecule has 0 aliphatic rings. The van der Waals surface area contributed by atoms with Crippen molar-refractivity contribution < 1.29 is 13.2 Å². The van der Waals surface area contributed by atoms with Crippen LogP contribution in [-0.2, 0) is 10.0 Å². The van der Waals surface area contributed by atoms with Crippen molar-refractivity contribution in [2.45, 2.75) is 25.5 Å². The summed E-state index contributed by atoms with van der Waals surface area (Å²) in [5.74, 6) is 0.706. The number of methoxy groups -OCH3 is 1. The molecule has 0 aliphatic heterocycles. The zero-order valence-corrected chi connectivity index (χ0v) is 13.4. The molecule has 0 saturated heterocycles. The Morgan fingerprint density at radius 3 is 2.40 bits per heavy atom. The van der Waals surface area contributed by atoms with Crippen molar-refractivity contribution >= 4 is 15.7 Å². The standard InChI is InChI=1S/C14H24N2O3S/c1-5-10-15-11-12(2)20(17,18)16(3)13-6-8-14(19-4)9-7-13/h6-9,12,15H,5,10-11H2,1-4H3. The summed E-state index contributed by atoms with van der Waals surface area (Å²) in [7, 11) is -0.205. The zero-order chi connectivity index (χ0) is 15.2. The minimum absolute atomic E-state index is 0.455. The number of sulfonamides is 1. The highest BCUT2D eigenvalue weighted by molar-refractivity contribution is 7.93. The van der Waals surface area contributed by atoms with Crippen LogP contribution in [0, 0.1) is 0 Å². The monoisotopic (exact) mass is 300 g/mol. The van der Waals surface area contributed by atoms with E-state index >= 15 is 0 Å². The van der Waals surface area contributed by atoms with Gasteiger partial charge in [0.1, 0.15) is 5.75 Å². The Labute approximate surface area is 122 Å². The summed E-state index contributed by atoms with van der Waals surface area (Å²) in [5.41, 5.74) is 0.633. The van der Waals surface area contributed by atoms with Gasteiger partial charge in [-0.15, -0.1) is 0 Å². The molecular weight excluding hydrogens is 276 g/mol. The molecule has 1 aromatic carbocycles. The van der Waals surface area contributed by atoms with Crippen molar-refractivity contribution in [2.75, 3.05) is 31.6 Å². The van der Waals surface area contributed by atoms with Crippen LogP contribution in [0.1, 0.15) is 20.3 Å². The van der Waals surface area contributed by atoms with Crippen molar-refractivity contribution in [3.05, 3.63) is 24.3 Å². The van der Waals surface area contributed by atoms with Crippen molar-refractivity contribution in [1.29, 1.82) is 0 Å². The molecule has 1 unspecified atom stereocenters. The molecule has 6 heteroatoms. The number of anilines is 1. The van der Waals surface area contributed by atoms with Crippen LogP contribution in [0.2, 0.25) is 0 Å². The average molecular weight is 300 g/mol. The van der Waals surface area contributed by atoms with E-state index in [9.17, 15) is 8.42 Å². The lowest BCUT2D eigenvalue weighted by molar-refractivity contribution is 0.415. The molecule has 1 N–H and O–H groups in total. The van der Waals surface area contributed by atoms with Gasteiger partial charge in [0.2, 0.25) is 10.0 Å². The summed E-state index contributed by atoms with van der Waals surface area (Å²) in [6, 6.07) is 6.98. The van der Waals surface area contributed by atoms with Gasteiger partial charge in [-0.05, 0) is 44.2 Å². The second kappa shape index (κ2) is 7.50. The molecule has 0 radical (unpaired) electrons. The summed E-state index contributed by atoms with van der Waals surface area (Å²) in [6.07, 6.45) is 0.987. The predicted molar refractivity (Wildman–Crippen MR) is 82.9 cm³/mol. The summed E-state index contributed by atoms with van der Waals surface area (Å²) in [6.45, 7) is 5.05. The van der Waals surface area contributed by atoms with E-state index in [-0.39, 0.29) is 0 Å². The highest BCUT2D eigenvalue weighted by Crippen LogP contribution is 2.22. The van der Waals surface area contributed by atoms with Crippen molar-refractivity contribution in [2.24, 2.45) is 0 Å². The Hall–Kier alpha value is -1.27. The molecule has 5 nitrogen and oxygen atoms in total. The van der Waals surface area contributed by atoms with Gasteiger partial charge in [-0.2, -0.15) is 0 Å². The topological polar surface area (TPSA) is 58.6 Å². The molecule has 0 heterocycles. The molecule has 1 atom stereocenters. The van der Waals surface area contributed by atoms with Crippen LogP contribution >= 0.6 is 0 Å². The number of nitrogens with one attached hydrogen (secondary N) is 1. The van der Waals surface area contributed by atoms with Crippen LogP contribution in [-0.4, -0.2) is 40.9 Å². The van der Waals surface area contributed by atoms with Gasteiger partial charge < -0.3 is 10.1 Å². The van der Waals surface area contributed by atoms with Crippen LogP contribution in [0.5, 0.6) is 5.75 Å². The van der Waals surface area contributed by atoms with E-state index in [1.165, 1.54) is 4.31 Å². The Balaban J connectivity index is 2.79. The van der Waals surface area contributed by atoms with Gasteiger partial charge in [0.25, 0.3) is 0 Å². The maximum Gasteiger partial charge on any atom is 0.238 e. The van der Waals surface area contributed by atoms with Crippen molar-refractivity contribution in [1.82, 2.24) is 5.32 Å². The normalized spacial score (nSPS) is 13.0. The summed E-state index contributed by atoms with van der Waals surface area (Å²) < 4.78 is 31.3. The summed E-state index contributed by atoms with van der Waals surface area (Å²) in [5, 5.41) is 2.67. The fourth-order valence-electron chi connectivity index (χ4n) is 1.80. The third-order valence-electron chi connectivity index (χ3n) is 3.18. The highest BCUT2D eigenvalue weighted by atomic mass is 32.2. The fourth-order valence-corrected chi connectivity index (χ4v) is 3.08. The van der Waals surface area contributed by atoms with E-state index in [2.05, 4.69) is 12.2 Å². The maximum atomic E-state index is 12.4. The van der Waals surface area contributed by atoms with Crippen LogP contribution < -0.4 is 14.4 Å². The molecule has 1 rings (SSSR count). The highest BCUT2D eigenvalue weighted by Gasteiger charge is 2.25. The number of hydrogen-bond donors (Lipinski definition) is 1. The van der Waals surface area contributed by atoms with E-state index in [0.717, 1.165) is 13.0 Å². The Kier molecular flexibility index (Phi) is 6.29. The first-order valence-corrected chi connectivity index (χ1v) is 8.26. The fraction of sp³-hybridized carbons (Fsp3) is 0.571. The second-order valence-electron chi connectivity index (χ2n) is 4.73. The minimum atomic E-state index is -3.36. The smallest absolute Gasteiger partial charge is 0.238 e. The van der Waals surface area contributed by atoms with Gasteiger partial charge in [0.15, 0.2) is 0 Å². The molecule has 0 aliphatic carbocycles. The molecular formula is C14H24N2O3S. The molecule has 0 saturated carbocycles. The van der Waals surface area contributed by atoms with E-state index in [1.807, 2.05) is 0 Å². The Bertz CT molecular complexity index is 500. The average Bonchev–Trinajstić information content (AvgIpc) is 2.46. The lowest BCUT2D eigenvalue weighted by atomic mass is 10.3. The molecule has 0 spiro atoms. The number of hydrogen-bond acceptors (Lipinski definition) is 4. The minimum Gasteiger partial charge on any atom is -0.497 e. The van der Waals surface area contributed by atoms with E-state index in [0.29, 0.717) is 18.0 Å². The van der Waals surface area contributed by atoms with Gasteiger partial charge >= 0.3 is 0 Å². The van der Waals surface area contributed by atoms with Crippen LogP contribution in [0.15, 0.2) is 24.3 Å². The second-order valence-corrected chi connectivity index (χ2v) is 7.11. The summed E-state index contributed by atoms with van der Waals surface area (Å²) in [4.78, 5) is 0. The third kappa shape index (κ3) is 4.11. The van der Waals surface area contributed by atoms with E-state index < -0.39 is 15.3 Å². The molecule has 0 amide bonds. The lowest BCUT2D eigenvalue weighted by Gasteiger charge is -2.24. The van der Waals surface area contributed by atoms with Gasteiger partial charge in [-0.25, -0.2) is 8.42 Å². The summed E-state index contributed by atoms with van der Waals surface area (Å²) >= 11 is 0. The van der Waals surface area contributed by atoms with E-state index in [4.69, 9.17) is 4.74 Å². The molecule has 20 heavy (non-hydrogen) atoms. The number of rotatable bonds is 8. The van der Waals surface area contributed by atoms with E-state index in [1.54, 1.807) is 45.3 Å². The maximum absolute atomic E-state index is 12.4. The van der Waals surface area contributed by atoms with Gasteiger partial charge in [-0.3, -0.25) is 4.31 Å². The van der Waals surface area contributed by atoms with Crippen molar-refractivity contribution in [3.63, 3.8) is 0 Å². The first kappa shape index (κ1) is 16.8. The number of ether oxygens (including phenoxy) is 1. The SMILES string of the molecule is CCCNCC(C)S(=O)(=O)N(C)c1ccc(OC)cc1. The Morgan fingerprint density at radius 2 is 1.90 bits per heavy atom. The predicted octanol–water partition coefficient (Wildman–Crippen LogP) is 1.85. The molecule has 1 aromatic rings. The largest absolute Gasteiger partial charge is 0.497 e. The van der Waals surface area contributed by atoms with Crippen molar-refractivity contribution in [3.8, 4) is 5.75 Å². The molecule has 0 aromatic heterocycles. The Morgan fingerprint density at radius 1 is 1.30 bits per heavy atom. The number of nitrogens with zero attached hydrogens (tertiary/aromatic N) is 1. The quantitative estimate of drug-likeness (QED) is 0.744. The number of benzene rings is 1.